The molecule has 0 amide bonds. The van der Waals surface area contributed by atoms with Crippen LogP contribution in [0.25, 0.3) is 31.2 Å². The minimum absolute atomic E-state index is 0.470. The Labute approximate surface area is 146 Å². The minimum atomic E-state index is 0.470. The first-order chi connectivity index (χ1) is 11.2. The second kappa shape index (κ2) is 4.97. The largest absolute Gasteiger partial charge is 0.173 e. The third kappa shape index (κ3) is 1.97. The summed E-state index contributed by atoms with van der Waals surface area (Å²) in [6.07, 6.45) is 1.08. The second-order valence-electron chi connectivity index (χ2n) is 6.24. The van der Waals surface area contributed by atoms with Crippen LogP contribution in [0.5, 0.6) is 0 Å². The summed E-state index contributed by atoms with van der Waals surface area (Å²) in [7, 11) is 0. The van der Waals surface area contributed by atoms with Crippen LogP contribution in [0, 0.1) is 0 Å². The molecular weight excluding hydrogens is 340 g/mol. The van der Waals surface area contributed by atoms with Gasteiger partial charge in [0.15, 0.2) is 0 Å². The van der Waals surface area contributed by atoms with Crippen molar-refractivity contribution in [3.05, 3.63) is 46.3 Å². The number of aromatic nitrogens is 2. The van der Waals surface area contributed by atoms with Gasteiger partial charge >= 0.3 is 0 Å². The van der Waals surface area contributed by atoms with Crippen LogP contribution in [0.15, 0.2) is 29.6 Å². The van der Waals surface area contributed by atoms with Crippen molar-refractivity contribution in [3.8, 4) is 20.2 Å². The van der Waals surface area contributed by atoms with Crippen LogP contribution in [0.1, 0.15) is 36.5 Å². The third-order valence-corrected chi connectivity index (χ3v) is 7.34. The number of thiophene rings is 2. The number of hydrogen-bond acceptors (Lipinski definition) is 5. The Morgan fingerprint density at radius 3 is 2.74 bits per heavy atom. The number of benzene rings is 1. The van der Waals surface area contributed by atoms with Crippen molar-refractivity contribution in [1.82, 2.24) is 8.75 Å². The van der Waals surface area contributed by atoms with Crippen molar-refractivity contribution in [2.45, 2.75) is 26.2 Å². The maximum absolute atomic E-state index is 4.60. The van der Waals surface area contributed by atoms with Crippen LogP contribution in [-0.2, 0) is 6.42 Å². The summed E-state index contributed by atoms with van der Waals surface area (Å²) in [6, 6.07) is 9.07. The first-order valence-electron chi connectivity index (χ1n) is 7.67. The van der Waals surface area contributed by atoms with Gasteiger partial charge in [-0.3, -0.25) is 0 Å². The molecule has 0 atom stereocenters. The molecule has 0 saturated carbocycles. The molecule has 5 rings (SSSR count). The molecule has 1 aliphatic carbocycles. The van der Waals surface area contributed by atoms with Gasteiger partial charge in [-0.1, -0.05) is 26.0 Å². The molecule has 3 heterocycles. The van der Waals surface area contributed by atoms with Gasteiger partial charge in [-0.2, -0.15) is 8.75 Å². The smallest absolute Gasteiger partial charge is 0.113 e. The van der Waals surface area contributed by atoms with Crippen molar-refractivity contribution < 1.29 is 0 Å². The highest BCUT2D eigenvalue weighted by Gasteiger charge is 2.24. The fourth-order valence-electron chi connectivity index (χ4n) is 3.31. The Morgan fingerprint density at radius 2 is 1.87 bits per heavy atom. The molecule has 0 radical (unpaired) electrons. The molecule has 0 bridgehead atoms. The summed E-state index contributed by atoms with van der Waals surface area (Å²) in [6.45, 7) is 4.43. The van der Waals surface area contributed by atoms with E-state index in [1.807, 2.05) is 22.7 Å². The molecule has 4 aromatic rings. The highest BCUT2D eigenvalue weighted by molar-refractivity contribution is 7.23. The van der Waals surface area contributed by atoms with Gasteiger partial charge in [-0.15, -0.1) is 22.7 Å². The fraction of sp³-hybridized carbons (Fsp3) is 0.222. The van der Waals surface area contributed by atoms with Gasteiger partial charge in [0.1, 0.15) is 11.0 Å². The van der Waals surface area contributed by atoms with Crippen molar-refractivity contribution in [1.29, 1.82) is 0 Å². The summed E-state index contributed by atoms with van der Waals surface area (Å²) in [5.74, 6) is 0.470. The number of fused-ring (bicyclic) bond motifs is 4. The normalized spacial score (nSPS) is 13.0. The Morgan fingerprint density at radius 1 is 1.00 bits per heavy atom. The van der Waals surface area contributed by atoms with Gasteiger partial charge in [0.05, 0.1) is 11.7 Å². The molecule has 3 aromatic heterocycles. The van der Waals surface area contributed by atoms with Crippen LogP contribution < -0.4 is 0 Å². The van der Waals surface area contributed by atoms with Gasteiger partial charge < -0.3 is 0 Å². The first kappa shape index (κ1) is 13.8. The fourth-order valence-corrected chi connectivity index (χ4v) is 6.24. The van der Waals surface area contributed by atoms with E-state index >= 15 is 0 Å². The molecule has 1 aromatic carbocycles. The Bertz CT molecular complexity index is 1040. The molecule has 0 unspecified atom stereocenters. The zero-order chi connectivity index (χ0) is 15.6. The Hall–Kier alpha value is -1.56. The van der Waals surface area contributed by atoms with E-state index < -0.39 is 0 Å². The minimum Gasteiger partial charge on any atom is -0.173 e. The van der Waals surface area contributed by atoms with Gasteiger partial charge in [0, 0.05) is 26.6 Å². The van der Waals surface area contributed by atoms with Crippen LogP contribution in [-0.4, -0.2) is 8.75 Å². The van der Waals surface area contributed by atoms with E-state index in [2.05, 4.69) is 52.2 Å². The van der Waals surface area contributed by atoms with Crippen molar-refractivity contribution in [3.63, 3.8) is 0 Å². The summed E-state index contributed by atoms with van der Waals surface area (Å²) in [4.78, 5) is 4.24. The predicted octanol–water partition coefficient (Wildman–Crippen LogP) is 6.18. The molecule has 114 valence electrons. The SMILES string of the molecule is CC(C)c1ccc(-c2cc3c(s2)-c2sccc2C3)c2nsnc12. The lowest BCUT2D eigenvalue weighted by molar-refractivity contribution is 0.874. The van der Waals surface area contributed by atoms with E-state index in [1.165, 1.54) is 48.6 Å². The quantitative estimate of drug-likeness (QED) is 0.378. The van der Waals surface area contributed by atoms with Crippen LogP contribution in [0.3, 0.4) is 0 Å². The molecule has 1 aliphatic rings. The van der Waals surface area contributed by atoms with E-state index in [0.717, 1.165) is 17.5 Å². The maximum atomic E-state index is 4.60. The van der Waals surface area contributed by atoms with Crippen LogP contribution in [0.2, 0.25) is 0 Å². The highest BCUT2D eigenvalue weighted by atomic mass is 32.1. The Kier molecular flexibility index (Phi) is 2.99. The lowest BCUT2D eigenvalue weighted by Crippen LogP contribution is -1.90. The number of rotatable bonds is 2. The highest BCUT2D eigenvalue weighted by Crippen LogP contribution is 2.48. The molecule has 0 fully saturated rings. The average Bonchev–Trinajstić information content (AvgIpc) is 3.26. The monoisotopic (exact) mass is 354 g/mol. The molecule has 23 heavy (non-hydrogen) atoms. The van der Waals surface area contributed by atoms with E-state index in [9.17, 15) is 0 Å². The first-order valence-corrected chi connectivity index (χ1v) is 10.1. The molecule has 5 heteroatoms. The maximum Gasteiger partial charge on any atom is 0.113 e. The molecule has 0 N–H and O–H groups in total. The van der Waals surface area contributed by atoms with Crippen LogP contribution >= 0.6 is 34.4 Å². The molecule has 0 saturated heterocycles. The Balaban J connectivity index is 1.70. The van der Waals surface area contributed by atoms with Gasteiger partial charge in [0.2, 0.25) is 0 Å². The zero-order valence-electron chi connectivity index (χ0n) is 12.8. The number of hydrogen-bond donors (Lipinski definition) is 0. The van der Waals surface area contributed by atoms with E-state index in [1.54, 1.807) is 0 Å². The van der Waals surface area contributed by atoms with E-state index in [0.29, 0.717) is 5.92 Å². The van der Waals surface area contributed by atoms with E-state index in [-0.39, 0.29) is 0 Å². The lowest BCUT2D eigenvalue weighted by atomic mass is 9.98. The van der Waals surface area contributed by atoms with Crippen molar-refractivity contribution in [2.75, 3.05) is 0 Å². The van der Waals surface area contributed by atoms with Crippen molar-refractivity contribution >= 4 is 45.4 Å². The van der Waals surface area contributed by atoms with Gasteiger partial charge in [-0.25, -0.2) is 0 Å². The predicted molar refractivity (Wildman–Crippen MR) is 101 cm³/mol. The van der Waals surface area contributed by atoms with E-state index in [4.69, 9.17) is 0 Å². The summed E-state index contributed by atoms with van der Waals surface area (Å²) >= 11 is 5.08. The lowest BCUT2D eigenvalue weighted by Gasteiger charge is -2.07. The number of nitrogens with zero attached hydrogens (tertiary/aromatic N) is 2. The van der Waals surface area contributed by atoms with Crippen molar-refractivity contribution in [2.24, 2.45) is 0 Å². The molecular formula is C18H14N2S3. The summed E-state index contributed by atoms with van der Waals surface area (Å²) in [5.41, 5.74) is 7.62. The molecule has 0 aliphatic heterocycles. The van der Waals surface area contributed by atoms with Gasteiger partial charge in [-0.05, 0) is 40.1 Å². The summed E-state index contributed by atoms with van der Waals surface area (Å²) < 4.78 is 9.15. The molecule has 2 nitrogen and oxygen atoms in total. The average molecular weight is 355 g/mol. The zero-order valence-corrected chi connectivity index (χ0v) is 15.2. The summed E-state index contributed by atoms with van der Waals surface area (Å²) in [5, 5.41) is 2.20. The van der Waals surface area contributed by atoms with Gasteiger partial charge in [0.25, 0.3) is 0 Å². The van der Waals surface area contributed by atoms with Crippen LogP contribution in [0.4, 0.5) is 0 Å². The molecule has 0 spiro atoms. The third-order valence-electron chi connectivity index (χ3n) is 4.48. The second-order valence-corrected chi connectivity index (χ2v) is 8.73. The standard InChI is InChI=1S/C18H14N2S3/c1-9(2)12-3-4-13(16-15(12)19-23-20-16)14-8-11-7-10-5-6-21-17(10)18(11)22-14/h3-6,8-9H,7H2,1-2H3. The topological polar surface area (TPSA) is 25.8 Å².